The molecule has 1 aliphatic heterocycles. The van der Waals surface area contributed by atoms with Crippen LogP contribution in [0.3, 0.4) is 0 Å². The van der Waals surface area contributed by atoms with Crippen LogP contribution < -0.4 is 9.64 Å². The van der Waals surface area contributed by atoms with Crippen molar-refractivity contribution in [2.24, 2.45) is 5.92 Å². The minimum absolute atomic E-state index is 0.0954. The van der Waals surface area contributed by atoms with Gasteiger partial charge in [-0.3, -0.25) is 4.79 Å². The van der Waals surface area contributed by atoms with E-state index < -0.39 is 9.84 Å². The van der Waals surface area contributed by atoms with E-state index in [1.807, 2.05) is 6.07 Å². The van der Waals surface area contributed by atoms with Crippen molar-refractivity contribution in [3.05, 3.63) is 52.5 Å². The van der Waals surface area contributed by atoms with Crippen molar-refractivity contribution in [1.82, 2.24) is 4.90 Å². The Kier molecular flexibility index (Phi) is 6.31. The fourth-order valence-electron chi connectivity index (χ4n) is 3.72. The Hall–Kier alpha value is -2.76. The molecule has 32 heavy (non-hydrogen) atoms. The van der Waals surface area contributed by atoms with E-state index in [0.29, 0.717) is 55.0 Å². The monoisotopic (exact) mass is 473 g/mol. The molecule has 2 aliphatic rings. The summed E-state index contributed by atoms with van der Waals surface area (Å²) in [6.07, 6.45) is 3.35. The molecule has 2 aromatic carbocycles. The van der Waals surface area contributed by atoms with E-state index in [-0.39, 0.29) is 16.4 Å². The number of carbonyl (C=O) groups excluding carboxylic acids is 1. The van der Waals surface area contributed by atoms with E-state index in [4.69, 9.17) is 16.3 Å². The molecular weight excluding hydrogens is 450 g/mol. The first-order valence-corrected chi connectivity index (χ1v) is 12.7. The topological polar surface area (TPSA) is 90.7 Å². The molecular formula is C23H24ClN3O4S. The second-order valence-corrected chi connectivity index (χ2v) is 10.7. The van der Waals surface area contributed by atoms with Crippen LogP contribution >= 0.6 is 11.6 Å². The smallest absolute Gasteiger partial charge is 0.257 e. The number of piperazine rings is 1. The number of halogens is 1. The average molecular weight is 474 g/mol. The van der Waals surface area contributed by atoms with Crippen molar-refractivity contribution in [3.8, 4) is 11.8 Å². The fraction of sp³-hybridized carbons (Fsp3) is 0.391. The zero-order chi connectivity index (χ0) is 22.9. The van der Waals surface area contributed by atoms with E-state index in [0.717, 1.165) is 24.8 Å². The van der Waals surface area contributed by atoms with Crippen LogP contribution in [0.4, 0.5) is 5.69 Å². The van der Waals surface area contributed by atoms with Crippen LogP contribution in [-0.2, 0) is 9.84 Å². The van der Waals surface area contributed by atoms with E-state index in [2.05, 4.69) is 11.0 Å². The minimum atomic E-state index is -3.46. The van der Waals surface area contributed by atoms with Gasteiger partial charge in [0.15, 0.2) is 9.84 Å². The molecule has 9 heteroatoms. The molecule has 1 aliphatic carbocycles. The van der Waals surface area contributed by atoms with E-state index in [1.165, 1.54) is 12.1 Å². The van der Waals surface area contributed by atoms with Crippen LogP contribution in [0.25, 0.3) is 0 Å². The zero-order valence-electron chi connectivity index (χ0n) is 17.8. The van der Waals surface area contributed by atoms with Crippen LogP contribution in [0.15, 0.2) is 41.3 Å². The summed E-state index contributed by atoms with van der Waals surface area (Å²) >= 11 is 6.00. The number of hydrogen-bond donors (Lipinski definition) is 0. The molecule has 1 heterocycles. The lowest BCUT2D eigenvalue weighted by Gasteiger charge is -2.36. The summed E-state index contributed by atoms with van der Waals surface area (Å²) in [7, 11) is -3.46. The first-order chi connectivity index (χ1) is 15.3. The van der Waals surface area contributed by atoms with Crippen molar-refractivity contribution in [2.45, 2.75) is 17.7 Å². The van der Waals surface area contributed by atoms with Crippen molar-refractivity contribution in [1.29, 1.82) is 5.26 Å². The van der Waals surface area contributed by atoms with E-state index >= 15 is 0 Å². The van der Waals surface area contributed by atoms with Gasteiger partial charge in [-0.05, 0) is 55.2 Å². The van der Waals surface area contributed by atoms with Crippen molar-refractivity contribution < 1.29 is 17.9 Å². The Labute approximate surface area is 193 Å². The number of sulfone groups is 1. The van der Waals surface area contributed by atoms with Gasteiger partial charge < -0.3 is 14.5 Å². The molecule has 1 saturated heterocycles. The Bertz CT molecular complexity index is 1180. The molecule has 2 aromatic rings. The second-order valence-electron chi connectivity index (χ2n) is 8.24. The summed E-state index contributed by atoms with van der Waals surface area (Å²) in [6, 6.07) is 11.8. The molecule has 0 unspecified atom stereocenters. The fourth-order valence-corrected chi connectivity index (χ4v) is 4.54. The SMILES string of the molecule is CS(=O)(=O)c1ccc(OCC2CC2)c(C(=O)N2CCN(c3ccc(Cl)cc3C#N)CC2)c1. The lowest BCUT2D eigenvalue weighted by molar-refractivity contribution is 0.0741. The summed E-state index contributed by atoms with van der Waals surface area (Å²) in [5.41, 5.74) is 1.55. The van der Waals surface area contributed by atoms with Gasteiger partial charge >= 0.3 is 0 Å². The van der Waals surface area contributed by atoms with Crippen LogP contribution in [0.2, 0.25) is 5.02 Å². The number of amides is 1. The number of nitriles is 1. The third-order valence-corrected chi connectivity index (χ3v) is 7.11. The maximum absolute atomic E-state index is 13.3. The Morgan fingerprint density at radius 1 is 1.16 bits per heavy atom. The quantitative estimate of drug-likeness (QED) is 0.638. The number of hydrogen-bond acceptors (Lipinski definition) is 6. The van der Waals surface area contributed by atoms with Gasteiger partial charge in [0.05, 0.1) is 28.3 Å². The summed E-state index contributed by atoms with van der Waals surface area (Å²) in [6.45, 7) is 2.51. The number of ether oxygens (including phenoxy) is 1. The molecule has 0 spiro atoms. The highest BCUT2D eigenvalue weighted by Crippen LogP contribution is 2.32. The molecule has 0 radical (unpaired) electrons. The third kappa shape index (κ3) is 5.00. The highest BCUT2D eigenvalue weighted by molar-refractivity contribution is 7.90. The predicted octanol–water partition coefficient (Wildman–Crippen LogP) is 3.37. The first kappa shape index (κ1) is 22.4. The predicted molar refractivity (Wildman–Crippen MR) is 122 cm³/mol. The van der Waals surface area contributed by atoms with Gasteiger partial charge in [-0.15, -0.1) is 0 Å². The number of rotatable bonds is 6. The molecule has 1 amide bonds. The van der Waals surface area contributed by atoms with Gasteiger partial charge in [0, 0.05) is 37.5 Å². The third-order valence-electron chi connectivity index (χ3n) is 5.77. The van der Waals surface area contributed by atoms with Crippen LogP contribution in [0, 0.1) is 17.2 Å². The number of anilines is 1. The van der Waals surface area contributed by atoms with Crippen LogP contribution in [0.5, 0.6) is 5.75 Å². The van der Waals surface area contributed by atoms with Crippen molar-refractivity contribution in [2.75, 3.05) is 43.9 Å². The van der Waals surface area contributed by atoms with Gasteiger partial charge in [0.25, 0.3) is 5.91 Å². The highest BCUT2D eigenvalue weighted by Gasteiger charge is 2.28. The first-order valence-electron chi connectivity index (χ1n) is 10.5. The van der Waals surface area contributed by atoms with Gasteiger partial charge in [0.1, 0.15) is 11.8 Å². The normalized spacial score (nSPS) is 16.5. The Morgan fingerprint density at radius 2 is 1.88 bits per heavy atom. The zero-order valence-corrected chi connectivity index (χ0v) is 19.3. The van der Waals surface area contributed by atoms with Crippen molar-refractivity contribution >= 4 is 33.0 Å². The van der Waals surface area contributed by atoms with Crippen molar-refractivity contribution in [3.63, 3.8) is 0 Å². The molecule has 7 nitrogen and oxygen atoms in total. The standard InChI is InChI=1S/C23H24ClN3O4S/c1-32(29,30)19-5-7-22(31-15-16-2-3-16)20(13-19)23(28)27-10-8-26(9-11-27)21-6-4-18(24)12-17(21)14-25/h4-7,12-13,16H,2-3,8-11,15H2,1H3. The summed E-state index contributed by atoms with van der Waals surface area (Å²) < 4.78 is 30.0. The van der Waals surface area contributed by atoms with Gasteiger partial charge in [0.2, 0.25) is 0 Å². The summed E-state index contributed by atoms with van der Waals surface area (Å²) in [5, 5.41) is 9.92. The minimum Gasteiger partial charge on any atom is -0.492 e. The Balaban J connectivity index is 1.52. The molecule has 0 N–H and O–H groups in total. The lowest BCUT2D eigenvalue weighted by Crippen LogP contribution is -2.49. The van der Waals surface area contributed by atoms with E-state index in [9.17, 15) is 18.5 Å². The van der Waals surface area contributed by atoms with E-state index in [1.54, 1.807) is 23.1 Å². The van der Waals surface area contributed by atoms with Gasteiger partial charge in [-0.2, -0.15) is 5.26 Å². The largest absolute Gasteiger partial charge is 0.492 e. The molecule has 1 saturated carbocycles. The molecule has 2 fully saturated rings. The Morgan fingerprint density at radius 3 is 2.50 bits per heavy atom. The molecule has 4 rings (SSSR count). The average Bonchev–Trinajstić information content (AvgIpc) is 3.61. The van der Waals surface area contributed by atoms with Gasteiger partial charge in [-0.1, -0.05) is 11.6 Å². The second kappa shape index (κ2) is 9.00. The molecule has 168 valence electrons. The lowest BCUT2D eigenvalue weighted by atomic mass is 10.1. The summed E-state index contributed by atoms with van der Waals surface area (Å²) in [4.78, 5) is 17.2. The van der Waals surface area contributed by atoms with Crippen LogP contribution in [0.1, 0.15) is 28.8 Å². The maximum atomic E-state index is 13.3. The maximum Gasteiger partial charge on any atom is 0.257 e. The number of benzene rings is 2. The molecule has 0 aromatic heterocycles. The number of carbonyl (C=O) groups is 1. The van der Waals surface area contributed by atoms with Crippen LogP contribution in [-0.4, -0.2) is 58.3 Å². The number of nitrogens with zero attached hydrogens (tertiary/aromatic N) is 3. The highest BCUT2D eigenvalue weighted by atomic mass is 35.5. The summed E-state index contributed by atoms with van der Waals surface area (Å²) in [5.74, 6) is 0.670. The molecule has 0 bridgehead atoms. The van der Waals surface area contributed by atoms with Gasteiger partial charge in [-0.25, -0.2) is 8.42 Å². The molecule has 0 atom stereocenters.